The fourth-order valence-electron chi connectivity index (χ4n) is 5.43. The van der Waals surface area contributed by atoms with Gasteiger partial charge in [0.1, 0.15) is 12.4 Å². The van der Waals surface area contributed by atoms with Crippen molar-refractivity contribution in [3.8, 4) is 18.1 Å². The van der Waals surface area contributed by atoms with Crippen molar-refractivity contribution in [1.82, 2.24) is 0 Å². The first-order chi connectivity index (χ1) is 17.3. The molecule has 0 amide bonds. The van der Waals surface area contributed by atoms with E-state index in [2.05, 4.69) is 84.1 Å². The average molecular weight is 455 g/mol. The second kappa shape index (κ2) is 9.16. The van der Waals surface area contributed by atoms with E-state index in [9.17, 15) is 0 Å². The third kappa shape index (κ3) is 3.98. The highest BCUT2D eigenvalue weighted by atomic mass is 16.5. The van der Waals surface area contributed by atoms with Gasteiger partial charge in [0.15, 0.2) is 0 Å². The summed E-state index contributed by atoms with van der Waals surface area (Å²) in [5, 5.41) is 6.03. The van der Waals surface area contributed by atoms with Crippen LogP contribution in [0.2, 0.25) is 0 Å². The number of aliphatic imine (C=N–C) groups is 1. The van der Waals surface area contributed by atoms with Crippen LogP contribution in [0.4, 0.5) is 11.4 Å². The minimum Gasteiger partial charge on any atom is -0.480 e. The van der Waals surface area contributed by atoms with Gasteiger partial charge >= 0.3 is 0 Å². The van der Waals surface area contributed by atoms with Gasteiger partial charge in [-0.15, -0.1) is 6.42 Å². The molecule has 0 saturated heterocycles. The van der Waals surface area contributed by atoms with Crippen LogP contribution in [0.15, 0.2) is 102 Å². The predicted molar refractivity (Wildman–Crippen MR) is 145 cm³/mol. The number of para-hydroxylation sites is 1. The van der Waals surface area contributed by atoms with Gasteiger partial charge in [-0.05, 0) is 58.5 Å². The van der Waals surface area contributed by atoms with Crippen LogP contribution < -0.4 is 10.1 Å². The summed E-state index contributed by atoms with van der Waals surface area (Å²) in [4.78, 5) is 4.79. The van der Waals surface area contributed by atoms with Crippen LogP contribution in [0, 0.1) is 18.3 Å². The Morgan fingerprint density at radius 2 is 1.80 bits per heavy atom. The Morgan fingerprint density at radius 1 is 0.971 bits per heavy atom. The van der Waals surface area contributed by atoms with Crippen molar-refractivity contribution in [2.24, 2.45) is 10.9 Å². The molecule has 2 aliphatic rings. The van der Waals surface area contributed by atoms with E-state index in [0.29, 0.717) is 11.8 Å². The first kappa shape index (κ1) is 21.3. The first-order valence-electron chi connectivity index (χ1n) is 12.1. The number of terminal acetylenes is 1. The van der Waals surface area contributed by atoms with Crippen molar-refractivity contribution in [2.45, 2.75) is 18.4 Å². The molecule has 1 aliphatic carbocycles. The summed E-state index contributed by atoms with van der Waals surface area (Å²) in [5.74, 6) is 4.30. The first-order valence-corrected chi connectivity index (χ1v) is 12.1. The Labute approximate surface area is 206 Å². The van der Waals surface area contributed by atoms with Crippen molar-refractivity contribution in [3.63, 3.8) is 0 Å². The number of hydrogen-bond donors (Lipinski definition) is 1. The molecule has 1 N–H and O–H groups in total. The van der Waals surface area contributed by atoms with Crippen LogP contribution in [0.1, 0.15) is 35.1 Å². The van der Waals surface area contributed by atoms with E-state index in [0.717, 1.165) is 34.2 Å². The SMILES string of the molecule is C#CCOc1ccc2ccccc2c1C=Nc1ccc([C@@H]2Nc3ccccc3[C@@H]3C=CC[C@@H]32)cc1. The number of rotatable bonds is 5. The summed E-state index contributed by atoms with van der Waals surface area (Å²) in [6, 6.07) is 29.8. The molecule has 4 aromatic rings. The number of fused-ring (bicyclic) bond motifs is 4. The Balaban J connectivity index is 1.29. The number of anilines is 1. The molecule has 3 nitrogen and oxygen atoms in total. The molecule has 6 rings (SSSR count). The van der Waals surface area contributed by atoms with Crippen LogP contribution in [-0.4, -0.2) is 12.8 Å². The zero-order valence-corrected chi connectivity index (χ0v) is 19.4. The topological polar surface area (TPSA) is 33.6 Å². The normalized spacial score (nSPS) is 20.3. The molecule has 3 heteroatoms. The summed E-state index contributed by atoms with van der Waals surface area (Å²) >= 11 is 0. The molecular weight excluding hydrogens is 428 g/mol. The van der Waals surface area contributed by atoms with Gasteiger partial charge in [-0.3, -0.25) is 4.99 Å². The lowest BCUT2D eigenvalue weighted by molar-refractivity contribution is 0.370. The zero-order valence-electron chi connectivity index (χ0n) is 19.4. The molecule has 170 valence electrons. The standard InChI is InChI=1S/C32H26N2O/c1-2-20-35-31-19-16-22-8-3-4-9-25(22)29(31)21-33-24-17-14-23(15-18-24)32-28-12-7-11-26(28)27-10-5-6-13-30(27)34-32/h1,3-11,13-19,21,26,28,32,34H,12,20H2/t26-,28-,32-/m0/s1. The number of hydrogen-bond acceptors (Lipinski definition) is 3. The molecule has 0 aromatic heterocycles. The van der Waals surface area contributed by atoms with E-state index in [4.69, 9.17) is 16.2 Å². The molecule has 1 heterocycles. The van der Waals surface area contributed by atoms with Crippen LogP contribution in [0.5, 0.6) is 5.75 Å². The van der Waals surface area contributed by atoms with E-state index in [1.807, 2.05) is 30.5 Å². The van der Waals surface area contributed by atoms with Crippen molar-refractivity contribution in [2.75, 3.05) is 11.9 Å². The summed E-state index contributed by atoms with van der Waals surface area (Å²) in [6.07, 6.45) is 13.1. The number of ether oxygens (including phenoxy) is 1. The van der Waals surface area contributed by atoms with Crippen molar-refractivity contribution in [1.29, 1.82) is 0 Å². The molecule has 0 unspecified atom stereocenters. The lowest BCUT2D eigenvalue weighted by Crippen LogP contribution is -2.28. The highest BCUT2D eigenvalue weighted by molar-refractivity contribution is 6.03. The summed E-state index contributed by atoms with van der Waals surface area (Å²) in [7, 11) is 0. The molecule has 0 radical (unpaired) electrons. The molecule has 35 heavy (non-hydrogen) atoms. The van der Waals surface area contributed by atoms with Crippen molar-refractivity contribution < 1.29 is 4.74 Å². The van der Waals surface area contributed by atoms with Gasteiger partial charge < -0.3 is 10.1 Å². The van der Waals surface area contributed by atoms with Crippen LogP contribution >= 0.6 is 0 Å². The summed E-state index contributed by atoms with van der Waals surface area (Å²) < 4.78 is 5.81. The van der Waals surface area contributed by atoms with Crippen molar-refractivity contribution in [3.05, 3.63) is 114 Å². The van der Waals surface area contributed by atoms with E-state index >= 15 is 0 Å². The molecule has 1 aliphatic heterocycles. The minimum absolute atomic E-state index is 0.225. The van der Waals surface area contributed by atoms with Crippen LogP contribution in [0.3, 0.4) is 0 Å². The maximum absolute atomic E-state index is 5.81. The zero-order chi connectivity index (χ0) is 23.6. The average Bonchev–Trinajstić information content (AvgIpc) is 3.41. The monoisotopic (exact) mass is 454 g/mol. The summed E-state index contributed by atoms with van der Waals surface area (Å²) in [5.41, 5.74) is 5.78. The lowest BCUT2D eigenvalue weighted by atomic mass is 9.77. The number of nitrogens with zero attached hydrogens (tertiary/aromatic N) is 1. The maximum Gasteiger partial charge on any atom is 0.148 e. The lowest BCUT2D eigenvalue weighted by Gasteiger charge is -2.37. The van der Waals surface area contributed by atoms with Gasteiger partial charge in [-0.1, -0.05) is 78.7 Å². The van der Waals surface area contributed by atoms with Gasteiger partial charge in [0.2, 0.25) is 0 Å². The predicted octanol–water partition coefficient (Wildman–Crippen LogP) is 7.43. The summed E-state index contributed by atoms with van der Waals surface area (Å²) in [6.45, 7) is 0.225. The quantitative estimate of drug-likeness (QED) is 0.193. The second-order valence-electron chi connectivity index (χ2n) is 9.10. The molecule has 0 bridgehead atoms. The van der Waals surface area contributed by atoms with Gasteiger partial charge in [0, 0.05) is 23.4 Å². The second-order valence-corrected chi connectivity index (χ2v) is 9.10. The number of allylic oxidation sites excluding steroid dienone is 2. The maximum atomic E-state index is 5.81. The number of nitrogens with one attached hydrogen (secondary N) is 1. The van der Waals surface area contributed by atoms with Crippen LogP contribution in [0.25, 0.3) is 10.8 Å². The largest absolute Gasteiger partial charge is 0.480 e. The highest BCUT2D eigenvalue weighted by Gasteiger charge is 2.37. The molecule has 0 saturated carbocycles. The fourth-order valence-corrected chi connectivity index (χ4v) is 5.43. The van der Waals surface area contributed by atoms with E-state index in [-0.39, 0.29) is 12.6 Å². The molecule has 0 fully saturated rings. The Kier molecular flexibility index (Phi) is 5.56. The molecular formula is C32H26N2O. The minimum atomic E-state index is 0.225. The van der Waals surface area contributed by atoms with Crippen molar-refractivity contribution >= 4 is 28.4 Å². The van der Waals surface area contributed by atoms with Crippen LogP contribution in [-0.2, 0) is 0 Å². The third-order valence-electron chi connectivity index (χ3n) is 7.11. The molecule has 0 spiro atoms. The van der Waals surface area contributed by atoms with E-state index in [1.165, 1.54) is 16.8 Å². The van der Waals surface area contributed by atoms with Gasteiger partial charge in [-0.2, -0.15) is 0 Å². The van der Waals surface area contributed by atoms with Gasteiger partial charge in [-0.25, -0.2) is 0 Å². The van der Waals surface area contributed by atoms with E-state index < -0.39 is 0 Å². The third-order valence-corrected chi connectivity index (χ3v) is 7.11. The smallest absolute Gasteiger partial charge is 0.148 e. The Bertz CT molecular complexity index is 1480. The Morgan fingerprint density at radius 3 is 2.69 bits per heavy atom. The number of benzene rings is 4. The fraction of sp³-hybridized carbons (Fsp3) is 0.156. The van der Waals surface area contributed by atoms with Gasteiger partial charge in [0.25, 0.3) is 0 Å². The Hall–Kier alpha value is -4.29. The highest BCUT2D eigenvalue weighted by Crippen LogP contribution is 2.49. The molecule has 3 atom stereocenters. The van der Waals surface area contributed by atoms with E-state index in [1.54, 1.807) is 0 Å². The van der Waals surface area contributed by atoms with Gasteiger partial charge in [0.05, 0.1) is 11.7 Å². The molecule has 4 aromatic carbocycles.